The number of rotatable bonds is 5. The van der Waals surface area contributed by atoms with Crippen molar-refractivity contribution in [2.45, 2.75) is 33.1 Å². The molecule has 0 saturated carbocycles. The van der Waals surface area contributed by atoms with Gasteiger partial charge in [0, 0.05) is 0 Å². The molecular weight excluding hydrogens is 110 g/mol. The van der Waals surface area contributed by atoms with Gasteiger partial charge < -0.3 is 5.32 Å². The Balaban J connectivity index is 2.95. The highest BCUT2D eigenvalue weighted by atomic mass is 14.8. The number of hydrogen-bond acceptors (Lipinski definition) is 1. The van der Waals surface area contributed by atoms with E-state index in [0.717, 1.165) is 5.92 Å². The molecule has 0 aromatic rings. The van der Waals surface area contributed by atoms with E-state index in [2.05, 4.69) is 19.2 Å². The fourth-order valence-electron chi connectivity index (χ4n) is 1.03. The first-order chi connectivity index (χ1) is 4.31. The highest BCUT2D eigenvalue weighted by Gasteiger charge is 1.97. The third-order valence-corrected chi connectivity index (χ3v) is 1.67. The second-order valence-corrected chi connectivity index (χ2v) is 2.79. The third-order valence-electron chi connectivity index (χ3n) is 1.67. The Morgan fingerprint density at radius 2 is 2.00 bits per heavy atom. The average molecular weight is 129 g/mol. The lowest BCUT2D eigenvalue weighted by Gasteiger charge is -2.07. The molecule has 0 aliphatic heterocycles. The topological polar surface area (TPSA) is 12.0 Å². The molecule has 0 amide bonds. The van der Waals surface area contributed by atoms with Crippen molar-refractivity contribution in [2.24, 2.45) is 5.92 Å². The van der Waals surface area contributed by atoms with Gasteiger partial charge in [-0.2, -0.15) is 0 Å². The fourth-order valence-corrected chi connectivity index (χ4v) is 1.03. The van der Waals surface area contributed by atoms with Crippen LogP contribution in [0.5, 0.6) is 0 Å². The minimum atomic E-state index is 0.905. The summed E-state index contributed by atoms with van der Waals surface area (Å²) in [4.78, 5) is 0. The van der Waals surface area contributed by atoms with Gasteiger partial charge in [-0.05, 0) is 25.9 Å². The second kappa shape index (κ2) is 6.09. The summed E-state index contributed by atoms with van der Waals surface area (Å²) in [7, 11) is 2.01. The lowest BCUT2D eigenvalue weighted by atomic mass is 10.0. The van der Waals surface area contributed by atoms with Gasteiger partial charge in [-0.3, -0.25) is 0 Å². The van der Waals surface area contributed by atoms with Crippen LogP contribution in [0.25, 0.3) is 0 Å². The van der Waals surface area contributed by atoms with E-state index in [9.17, 15) is 0 Å². The molecule has 0 saturated heterocycles. The Morgan fingerprint density at radius 3 is 2.44 bits per heavy atom. The summed E-state index contributed by atoms with van der Waals surface area (Å²) in [6.45, 7) is 5.73. The first-order valence-corrected chi connectivity index (χ1v) is 3.95. The van der Waals surface area contributed by atoms with Crippen molar-refractivity contribution < 1.29 is 0 Å². The lowest BCUT2D eigenvalue weighted by molar-refractivity contribution is 0.476. The van der Waals surface area contributed by atoms with Crippen LogP contribution in [0.3, 0.4) is 0 Å². The predicted octanol–water partition coefficient (Wildman–Crippen LogP) is 2.03. The summed E-state index contributed by atoms with van der Waals surface area (Å²) in [6, 6.07) is 0. The maximum Gasteiger partial charge on any atom is -0.00494 e. The molecule has 9 heavy (non-hydrogen) atoms. The van der Waals surface area contributed by atoms with E-state index in [1.807, 2.05) is 7.05 Å². The molecule has 1 nitrogen and oxygen atoms in total. The van der Waals surface area contributed by atoms with E-state index in [1.165, 1.54) is 25.8 Å². The summed E-state index contributed by atoms with van der Waals surface area (Å²) < 4.78 is 0. The van der Waals surface area contributed by atoms with Crippen LogP contribution in [-0.2, 0) is 0 Å². The van der Waals surface area contributed by atoms with E-state index in [1.54, 1.807) is 0 Å². The van der Waals surface area contributed by atoms with Crippen LogP contribution >= 0.6 is 0 Å². The fraction of sp³-hybridized carbons (Fsp3) is 1.00. The Kier molecular flexibility index (Phi) is 6.06. The molecular formula is C8H19N. The van der Waals surface area contributed by atoms with Crippen LogP contribution in [0.1, 0.15) is 33.1 Å². The van der Waals surface area contributed by atoms with Gasteiger partial charge in [-0.1, -0.05) is 26.7 Å². The molecule has 0 aliphatic carbocycles. The zero-order valence-electron chi connectivity index (χ0n) is 6.91. The average Bonchev–Trinajstić information content (AvgIpc) is 1.85. The molecule has 0 bridgehead atoms. The van der Waals surface area contributed by atoms with E-state index < -0.39 is 0 Å². The maximum atomic E-state index is 3.16. The minimum Gasteiger partial charge on any atom is -0.320 e. The summed E-state index contributed by atoms with van der Waals surface area (Å²) in [5.74, 6) is 0.905. The molecule has 0 spiro atoms. The van der Waals surface area contributed by atoms with Gasteiger partial charge in [0.1, 0.15) is 0 Å². The first-order valence-electron chi connectivity index (χ1n) is 3.95. The summed E-state index contributed by atoms with van der Waals surface area (Å²) in [5.41, 5.74) is 0. The highest BCUT2D eigenvalue weighted by Crippen LogP contribution is 2.07. The smallest absolute Gasteiger partial charge is 0.00494 e. The molecule has 1 heteroatoms. The van der Waals surface area contributed by atoms with Gasteiger partial charge in [0.05, 0.1) is 0 Å². The molecule has 0 aromatic carbocycles. The third kappa shape index (κ3) is 5.84. The second-order valence-electron chi connectivity index (χ2n) is 2.79. The summed E-state index contributed by atoms with van der Waals surface area (Å²) in [5, 5.41) is 3.16. The SMILES string of the molecule is CCC[C@@H](C)CCNC. The van der Waals surface area contributed by atoms with Crippen LogP contribution in [0.4, 0.5) is 0 Å². The Labute approximate surface area is 58.8 Å². The Morgan fingerprint density at radius 1 is 1.33 bits per heavy atom. The van der Waals surface area contributed by atoms with Gasteiger partial charge in [0.15, 0.2) is 0 Å². The zero-order valence-corrected chi connectivity index (χ0v) is 6.91. The van der Waals surface area contributed by atoms with Crippen LogP contribution in [0.2, 0.25) is 0 Å². The number of nitrogens with one attached hydrogen (secondary N) is 1. The van der Waals surface area contributed by atoms with E-state index in [-0.39, 0.29) is 0 Å². The van der Waals surface area contributed by atoms with Gasteiger partial charge in [0.2, 0.25) is 0 Å². The van der Waals surface area contributed by atoms with Crippen molar-refractivity contribution in [3.8, 4) is 0 Å². The summed E-state index contributed by atoms with van der Waals surface area (Å²) >= 11 is 0. The standard InChI is InChI=1S/C8H19N/c1-4-5-8(2)6-7-9-3/h8-9H,4-7H2,1-3H3/t8-/m1/s1. The van der Waals surface area contributed by atoms with Gasteiger partial charge in [-0.15, -0.1) is 0 Å². The van der Waals surface area contributed by atoms with Gasteiger partial charge in [0.25, 0.3) is 0 Å². The molecule has 56 valence electrons. The van der Waals surface area contributed by atoms with E-state index in [0.29, 0.717) is 0 Å². The number of hydrogen-bond donors (Lipinski definition) is 1. The van der Waals surface area contributed by atoms with Crippen LogP contribution in [0, 0.1) is 5.92 Å². The lowest BCUT2D eigenvalue weighted by Crippen LogP contribution is -2.11. The minimum absolute atomic E-state index is 0.905. The molecule has 0 radical (unpaired) electrons. The van der Waals surface area contributed by atoms with Crippen molar-refractivity contribution in [1.82, 2.24) is 5.32 Å². The predicted molar refractivity (Wildman–Crippen MR) is 42.6 cm³/mol. The monoisotopic (exact) mass is 129 g/mol. The zero-order chi connectivity index (χ0) is 7.11. The van der Waals surface area contributed by atoms with Crippen molar-refractivity contribution in [3.63, 3.8) is 0 Å². The first kappa shape index (κ1) is 8.96. The quantitative estimate of drug-likeness (QED) is 0.599. The normalized spacial score (nSPS) is 13.7. The van der Waals surface area contributed by atoms with Crippen LogP contribution < -0.4 is 5.32 Å². The maximum absolute atomic E-state index is 3.16. The molecule has 1 N–H and O–H groups in total. The Hall–Kier alpha value is -0.0400. The Bertz CT molecular complexity index is 52.5. The van der Waals surface area contributed by atoms with E-state index in [4.69, 9.17) is 0 Å². The van der Waals surface area contributed by atoms with Crippen molar-refractivity contribution in [1.29, 1.82) is 0 Å². The highest BCUT2D eigenvalue weighted by molar-refractivity contribution is 4.52. The van der Waals surface area contributed by atoms with Gasteiger partial charge in [-0.25, -0.2) is 0 Å². The molecule has 0 heterocycles. The van der Waals surface area contributed by atoms with Gasteiger partial charge >= 0.3 is 0 Å². The van der Waals surface area contributed by atoms with Crippen molar-refractivity contribution in [2.75, 3.05) is 13.6 Å². The molecule has 0 rings (SSSR count). The van der Waals surface area contributed by atoms with E-state index >= 15 is 0 Å². The molecule has 0 fully saturated rings. The molecule has 0 aliphatic rings. The van der Waals surface area contributed by atoms with Crippen LogP contribution in [-0.4, -0.2) is 13.6 Å². The largest absolute Gasteiger partial charge is 0.320 e. The molecule has 1 atom stereocenters. The summed E-state index contributed by atoms with van der Waals surface area (Å²) in [6.07, 6.45) is 4.02. The van der Waals surface area contributed by atoms with Crippen molar-refractivity contribution in [3.05, 3.63) is 0 Å². The molecule has 0 unspecified atom stereocenters. The van der Waals surface area contributed by atoms with Crippen molar-refractivity contribution >= 4 is 0 Å². The molecule has 0 aromatic heterocycles. The van der Waals surface area contributed by atoms with Crippen LogP contribution in [0.15, 0.2) is 0 Å².